The van der Waals surface area contributed by atoms with Crippen LogP contribution < -0.4 is 16.0 Å². The van der Waals surface area contributed by atoms with E-state index in [0.29, 0.717) is 13.1 Å². The van der Waals surface area contributed by atoms with Crippen LogP contribution in [0.15, 0.2) is 29.4 Å². The summed E-state index contributed by atoms with van der Waals surface area (Å²) in [5.74, 6) is 0. The Kier molecular flexibility index (Phi) is 5.37. The number of nitrogens with one attached hydrogen (secondary N) is 2. The quantitative estimate of drug-likeness (QED) is 0.260. The lowest BCUT2D eigenvalue weighted by atomic mass is 10.1. The van der Waals surface area contributed by atoms with Crippen molar-refractivity contribution in [1.29, 1.82) is 0 Å². The Labute approximate surface area is 117 Å². The maximum atomic E-state index is 10.7. The van der Waals surface area contributed by atoms with Gasteiger partial charge in [-0.2, -0.15) is 5.53 Å². The molecule has 1 fully saturated rings. The van der Waals surface area contributed by atoms with E-state index in [-0.39, 0.29) is 6.04 Å². The molecule has 0 radical (unpaired) electrons. The molecule has 1 aromatic rings. The van der Waals surface area contributed by atoms with Crippen LogP contribution in [0.25, 0.3) is 10.4 Å². The Morgan fingerprint density at radius 2 is 2.20 bits per heavy atom. The second-order valence-electron chi connectivity index (χ2n) is 4.69. The molecule has 0 aromatic heterocycles. The van der Waals surface area contributed by atoms with Crippen molar-refractivity contribution in [2.45, 2.75) is 25.3 Å². The molecule has 7 heteroatoms. The number of nitrogens with zero attached hydrogens (tertiary/aromatic N) is 4. The number of azide groups is 1. The molecule has 1 aromatic carbocycles. The fourth-order valence-corrected chi connectivity index (χ4v) is 2.09. The zero-order valence-electron chi connectivity index (χ0n) is 11.2. The third kappa shape index (κ3) is 3.96. The van der Waals surface area contributed by atoms with Crippen LogP contribution in [0.3, 0.4) is 0 Å². The summed E-state index contributed by atoms with van der Waals surface area (Å²) in [7, 11) is 0. The van der Waals surface area contributed by atoms with Gasteiger partial charge in [0.25, 0.3) is 0 Å². The average Bonchev–Trinajstić information content (AvgIpc) is 2.97. The van der Waals surface area contributed by atoms with Crippen molar-refractivity contribution in [3.05, 3.63) is 40.3 Å². The molecule has 0 saturated carbocycles. The molecule has 1 aliphatic rings. The van der Waals surface area contributed by atoms with E-state index in [9.17, 15) is 4.79 Å². The molecule has 0 bridgehead atoms. The van der Waals surface area contributed by atoms with Gasteiger partial charge in [0, 0.05) is 11.5 Å². The third-order valence-corrected chi connectivity index (χ3v) is 3.21. The molecule has 1 atom stereocenters. The molecule has 1 heterocycles. The molecule has 1 aliphatic heterocycles. The van der Waals surface area contributed by atoms with Gasteiger partial charge in [0.15, 0.2) is 0 Å². The van der Waals surface area contributed by atoms with Crippen LogP contribution >= 0.6 is 0 Å². The number of rotatable bonds is 7. The predicted molar refractivity (Wildman–Crippen MR) is 76.9 cm³/mol. The summed E-state index contributed by atoms with van der Waals surface area (Å²) in [6.45, 7) is 1.18. The average molecular weight is 274 g/mol. The van der Waals surface area contributed by atoms with Gasteiger partial charge < -0.3 is 4.79 Å². The highest BCUT2D eigenvalue weighted by atomic mass is 16.1. The van der Waals surface area contributed by atoms with Crippen molar-refractivity contribution >= 4 is 12.0 Å². The molecular weight excluding hydrogens is 256 g/mol. The van der Waals surface area contributed by atoms with Crippen molar-refractivity contribution in [1.82, 2.24) is 11.0 Å². The number of unbranched alkanes of at least 4 members (excludes halogenated alkanes) is 1. The lowest BCUT2D eigenvalue weighted by Gasteiger charge is -2.16. The molecule has 2 N–H and O–H groups in total. The number of hydrogen-bond acceptors (Lipinski definition) is 5. The number of anilines is 1. The molecule has 1 unspecified atom stereocenters. The number of hydrogen-bond donors (Lipinski definition) is 2. The van der Waals surface area contributed by atoms with Gasteiger partial charge in [0.2, 0.25) is 0 Å². The zero-order chi connectivity index (χ0) is 14.2. The van der Waals surface area contributed by atoms with Gasteiger partial charge in [-0.1, -0.05) is 17.2 Å². The first-order valence-corrected chi connectivity index (χ1v) is 6.67. The highest BCUT2D eigenvalue weighted by Crippen LogP contribution is 2.16. The second kappa shape index (κ2) is 7.49. The fourth-order valence-electron chi connectivity index (χ4n) is 2.09. The van der Waals surface area contributed by atoms with Crippen LogP contribution in [0, 0.1) is 0 Å². The summed E-state index contributed by atoms with van der Waals surface area (Å²) in [6.07, 6.45) is 3.79. The Morgan fingerprint density at radius 3 is 2.85 bits per heavy atom. The minimum atomic E-state index is -0.171. The summed E-state index contributed by atoms with van der Waals surface area (Å²) in [4.78, 5) is 13.4. The first-order chi connectivity index (χ1) is 9.83. The van der Waals surface area contributed by atoms with Crippen LogP contribution in [0.4, 0.5) is 5.69 Å². The van der Waals surface area contributed by atoms with E-state index in [1.807, 2.05) is 17.1 Å². The maximum Gasteiger partial charge on any atom is 0.140 e. The molecule has 0 spiro atoms. The van der Waals surface area contributed by atoms with E-state index in [0.717, 1.165) is 31.2 Å². The number of carbonyl (C=O) groups excluding carboxylic acids is 1. The summed E-state index contributed by atoms with van der Waals surface area (Å²) in [6, 6.07) is 8.06. The van der Waals surface area contributed by atoms with Gasteiger partial charge in [0.05, 0.1) is 18.3 Å². The molecular formula is C13H18N6O. The summed E-state index contributed by atoms with van der Waals surface area (Å²) in [5, 5.41) is 5.42. The van der Waals surface area contributed by atoms with Gasteiger partial charge in [-0.05, 0) is 42.5 Å². The molecule has 2 rings (SSSR count). The second-order valence-corrected chi connectivity index (χ2v) is 4.69. The Hall–Kier alpha value is -2.08. The molecule has 20 heavy (non-hydrogen) atoms. The number of carbonyl (C=O) groups is 1. The number of hydrazine groups is 2. The van der Waals surface area contributed by atoms with Crippen LogP contribution in [0.2, 0.25) is 0 Å². The highest BCUT2D eigenvalue weighted by molar-refractivity contribution is 5.61. The summed E-state index contributed by atoms with van der Waals surface area (Å²) < 4.78 is 0. The predicted octanol–water partition coefficient (Wildman–Crippen LogP) is 1.72. The lowest BCUT2D eigenvalue weighted by Crippen LogP contribution is -2.37. The Morgan fingerprint density at radius 1 is 1.40 bits per heavy atom. The standard InChI is InChI=1S/C13H18N6O/c14-17-15-8-2-1-3-11-4-6-13(7-5-11)19-9-12(10-20)16-18-19/h4-7,10,12,16,18H,1-3,8-9H2. The van der Waals surface area contributed by atoms with Crippen molar-refractivity contribution < 1.29 is 4.79 Å². The first kappa shape index (κ1) is 14.3. The van der Waals surface area contributed by atoms with E-state index >= 15 is 0 Å². The highest BCUT2D eigenvalue weighted by Gasteiger charge is 2.20. The molecule has 0 amide bonds. The van der Waals surface area contributed by atoms with Crippen molar-refractivity contribution in [2.24, 2.45) is 5.11 Å². The topological polar surface area (TPSA) is 93.1 Å². The SMILES string of the molecule is [N-]=[N+]=NCCCCc1ccc(N2CC(C=O)NN2)cc1. The van der Waals surface area contributed by atoms with E-state index in [2.05, 4.69) is 33.1 Å². The smallest absolute Gasteiger partial charge is 0.140 e. The van der Waals surface area contributed by atoms with Gasteiger partial charge >= 0.3 is 0 Å². The van der Waals surface area contributed by atoms with E-state index < -0.39 is 0 Å². The number of benzene rings is 1. The van der Waals surface area contributed by atoms with E-state index in [4.69, 9.17) is 5.53 Å². The normalized spacial score (nSPS) is 17.8. The van der Waals surface area contributed by atoms with Crippen LogP contribution in [-0.4, -0.2) is 25.4 Å². The van der Waals surface area contributed by atoms with Crippen LogP contribution in [0.1, 0.15) is 18.4 Å². The lowest BCUT2D eigenvalue weighted by molar-refractivity contribution is -0.109. The summed E-state index contributed by atoms with van der Waals surface area (Å²) >= 11 is 0. The van der Waals surface area contributed by atoms with Crippen molar-refractivity contribution in [2.75, 3.05) is 18.1 Å². The van der Waals surface area contributed by atoms with Gasteiger partial charge in [-0.15, -0.1) is 0 Å². The minimum absolute atomic E-state index is 0.171. The zero-order valence-corrected chi connectivity index (χ0v) is 11.2. The van der Waals surface area contributed by atoms with Crippen molar-refractivity contribution in [3.8, 4) is 0 Å². The Bertz CT molecular complexity index is 482. The van der Waals surface area contributed by atoms with Crippen molar-refractivity contribution in [3.63, 3.8) is 0 Å². The fraction of sp³-hybridized carbons (Fsp3) is 0.462. The first-order valence-electron chi connectivity index (χ1n) is 6.67. The van der Waals surface area contributed by atoms with Gasteiger partial charge in [-0.25, -0.2) is 5.43 Å². The molecule has 1 saturated heterocycles. The molecule has 106 valence electrons. The van der Waals surface area contributed by atoms with Gasteiger partial charge in [0.1, 0.15) is 6.29 Å². The monoisotopic (exact) mass is 274 g/mol. The van der Waals surface area contributed by atoms with Crippen LogP contribution in [-0.2, 0) is 11.2 Å². The molecule has 0 aliphatic carbocycles. The maximum absolute atomic E-state index is 10.7. The Balaban J connectivity index is 1.80. The molecule has 7 nitrogen and oxygen atoms in total. The van der Waals surface area contributed by atoms with Crippen LogP contribution in [0.5, 0.6) is 0 Å². The number of aryl methyl sites for hydroxylation is 1. The van der Waals surface area contributed by atoms with E-state index in [1.165, 1.54) is 5.56 Å². The number of aldehydes is 1. The third-order valence-electron chi connectivity index (χ3n) is 3.21. The minimum Gasteiger partial charge on any atom is -0.301 e. The van der Waals surface area contributed by atoms with Gasteiger partial charge in [-0.3, -0.25) is 5.01 Å². The van der Waals surface area contributed by atoms with E-state index in [1.54, 1.807) is 0 Å². The largest absolute Gasteiger partial charge is 0.301 e. The summed E-state index contributed by atoms with van der Waals surface area (Å²) in [5.41, 5.74) is 16.3.